The molecule has 1 saturated heterocycles. The van der Waals surface area contributed by atoms with Gasteiger partial charge in [0.25, 0.3) is 0 Å². The van der Waals surface area contributed by atoms with Gasteiger partial charge in [-0.05, 0) is 31.5 Å². The van der Waals surface area contributed by atoms with Gasteiger partial charge >= 0.3 is 12.2 Å². The topological polar surface area (TPSA) is 104 Å². The van der Waals surface area contributed by atoms with Gasteiger partial charge in [0.15, 0.2) is 9.84 Å². The first-order chi connectivity index (χ1) is 12.4. The van der Waals surface area contributed by atoms with E-state index in [0.717, 1.165) is 6.07 Å². The molecule has 0 aromatic heterocycles. The predicted molar refractivity (Wildman–Crippen MR) is 93.3 cm³/mol. The minimum Gasteiger partial charge on any atom is -0.334 e. The van der Waals surface area contributed by atoms with Crippen LogP contribution in [-0.4, -0.2) is 43.9 Å². The summed E-state index contributed by atoms with van der Waals surface area (Å²) in [5.41, 5.74) is -1.23. The van der Waals surface area contributed by atoms with Crippen molar-refractivity contribution in [1.29, 1.82) is 0 Å². The van der Waals surface area contributed by atoms with Crippen LogP contribution in [-0.2, 0) is 20.8 Å². The highest BCUT2D eigenvalue weighted by molar-refractivity contribution is 7.91. The van der Waals surface area contributed by atoms with Crippen LogP contribution in [0, 0.1) is 0 Å². The summed E-state index contributed by atoms with van der Waals surface area (Å²) in [7, 11) is -3.17. The highest BCUT2D eigenvalue weighted by atomic mass is 35.5. The second kappa shape index (κ2) is 7.93. The Morgan fingerprint density at radius 2 is 1.96 bits per heavy atom. The van der Waals surface area contributed by atoms with Crippen LogP contribution in [0.3, 0.4) is 0 Å². The van der Waals surface area contributed by atoms with Gasteiger partial charge in [-0.1, -0.05) is 11.6 Å². The smallest absolute Gasteiger partial charge is 0.334 e. The van der Waals surface area contributed by atoms with E-state index in [-0.39, 0.29) is 23.6 Å². The Morgan fingerprint density at radius 1 is 1.30 bits per heavy atom. The van der Waals surface area contributed by atoms with Gasteiger partial charge in [-0.25, -0.2) is 13.2 Å². The van der Waals surface area contributed by atoms with E-state index >= 15 is 0 Å². The van der Waals surface area contributed by atoms with Crippen molar-refractivity contribution in [3.05, 3.63) is 28.8 Å². The lowest BCUT2D eigenvalue weighted by molar-refractivity contribution is -0.137. The van der Waals surface area contributed by atoms with Gasteiger partial charge in [-0.15, -0.1) is 0 Å². The Labute approximate surface area is 158 Å². The van der Waals surface area contributed by atoms with Crippen molar-refractivity contribution in [1.82, 2.24) is 10.6 Å². The third-order valence-electron chi connectivity index (χ3n) is 3.85. The fourth-order valence-electron chi connectivity index (χ4n) is 2.47. The van der Waals surface area contributed by atoms with E-state index in [0.29, 0.717) is 6.07 Å². The second-order valence-corrected chi connectivity index (χ2v) is 8.76. The fraction of sp³-hybridized carbons (Fsp3) is 0.467. The van der Waals surface area contributed by atoms with Crippen LogP contribution in [0.4, 0.5) is 23.7 Å². The van der Waals surface area contributed by atoms with Crippen LogP contribution in [0.2, 0.25) is 5.02 Å². The van der Waals surface area contributed by atoms with Crippen molar-refractivity contribution < 1.29 is 31.2 Å². The zero-order chi connectivity index (χ0) is 20.4. The number of hydrogen-bond donors (Lipinski definition) is 3. The van der Waals surface area contributed by atoms with Crippen LogP contribution in [0.5, 0.6) is 0 Å². The molecule has 0 radical (unpaired) electrons. The molecule has 1 heterocycles. The van der Waals surface area contributed by atoms with Gasteiger partial charge in [-0.3, -0.25) is 4.79 Å². The molecule has 2 atom stereocenters. The van der Waals surface area contributed by atoms with Crippen LogP contribution in [0.15, 0.2) is 18.2 Å². The maximum absolute atomic E-state index is 12.8. The third kappa shape index (κ3) is 5.99. The maximum Gasteiger partial charge on any atom is 0.417 e. The standard InChI is InChI=1S/C15H17ClF3N3O4S/c1-8(20-14(24)22-10-4-5-27(25,26)7-10)13(23)21-9-2-3-12(16)11(6-9)15(17,18)19/h2-3,6,8,10H,4-5,7H2,1H3,(H,21,23)(H2,20,22,24)/t8-,10+/m0/s1. The maximum atomic E-state index is 12.8. The van der Waals surface area contributed by atoms with E-state index in [1.165, 1.54) is 13.0 Å². The van der Waals surface area contributed by atoms with E-state index in [9.17, 15) is 31.2 Å². The zero-order valence-corrected chi connectivity index (χ0v) is 15.6. The molecule has 1 aromatic carbocycles. The summed E-state index contributed by atoms with van der Waals surface area (Å²) in [5.74, 6) is -0.947. The molecule has 0 bridgehead atoms. The number of anilines is 1. The highest BCUT2D eigenvalue weighted by Crippen LogP contribution is 2.36. The highest BCUT2D eigenvalue weighted by Gasteiger charge is 2.33. The van der Waals surface area contributed by atoms with Crippen LogP contribution >= 0.6 is 11.6 Å². The molecule has 0 aliphatic carbocycles. The number of hydrogen-bond acceptors (Lipinski definition) is 4. The minimum absolute atomic E-state index is 0.0217. The van der Waals surface area contributed by atoms with Crippen molar-refractivity contribution in [3.63, 3.8) is 0 Å². The third-order valence-corrected chi connectivity index (χ3v) is 5.95. The first-order valence-corrected chi connectivity index (χ1v) is 10.0. The molecule has 1 aromatic rings. The number of alkyl halides is 3. The number of halogens is 4. The molecule has 12 heteroatoms. The molecule has 2 rings (SSSR count). The molecule has 1 aliphatic rings. The summed E-state index contributed by atoms with van der Waals surface area (Å²) < 4.78 is 61.2. The Hall–Kier alpha value is -2.01. The first-order valence-electron chi connectivity index (χ1n) is 7.82. The molecule has 1 aliphatic heterocycles. The molecule has 150 valence electrons. The summed E-state index contributed by atoms with van der Waals surface area (Å²) in [5, 5.41) is 6.51. The van der Waals surface area contributed by atoms with Crippen molar-refractivity contribution in [2.45, 2.75) is 31.6 Å². The summed E-state index contributed by atoms with van der Waals surface area (Å²) >= 11 is 5.51. The van der Waals surface area contributed by atoms with Crippen molar-refractivity contribution in [3.8, 4) is 0 Å². The lowest BCUT2D eigenvalue weighted by Gasteiger charge is -2.17. The lowest BCUT2D eigenvalue weighted by atomic mass is 10.2. The minimum atomic E-state index is -4.68. The number of carbonyl (C=O) groups excluding carboxylic acids is 2. The van der Waals surface area contributed by atoms with Crippen LogP contribution in [0.1, 0.15) is 18.9 Å². The Balaban J connectivity index is 1.93. The van der Waals surface area contributed by atoms with Gasteiger partial charge in [0.05, 0.1) is 22.1 Å². The number of urea groups is 1. The molecule has 3 amide bonds. The fourth-order valence-corrected chi connectivity index (χ4v) is 4.37. The Morgan fingerprint density at radius 3 is 2.52 bits per heavy atom. The number of rotatable bonds is 4. The molecule has 1 fully saturated rings. The van der Waals surface area contributed by atoms with E-state index in [4.69, 9.17) is 11.6 Å². The van der Waals surface area contributed by atoms with E-state index in [2.05, 4.69) is 16.0 Å². The summed E-state index contributed by atoms with van der Waals surface area (Å²) in [6, 6.07) is 0.531. The molecule has 0 spiro atoms. The molecule has 0 saturated carbocycles. The number of nitrogens with one attached hydrogen (secondary N) is 3. The Bertz CT molecular complexity index is 845. The summed E-state index contributed by atoms with van der Waals surface area (Å²) in [4.78, 5) is 23.9. The normalized spacial score (nSPS) is 20.0. The lowest BCUT2D eigenvalue weighted by Crippen LogP contribution is -2.49. The number of carbonyl (C=O) groups is 2. The average molecular weight is 428 g/mol. The summed E-state index contributed by atoms with van der Waals surface area (Å²) in [6.45, 7) is 1.33. The molecule has 7 nitrogen and oxygen atoms in total. The Kier molecular flexibility index (Phi) is 6.25. The molecular weight excluding hydrogens is 411 g/mol. The SMILES string of the molecule is C[C@H](NC(=O)N[C@@H]1CCS(=O)(=O)C1)C(=O)Nc1ccc(Cl)c(C(F)(F)F)c1. The predicted octanol–water partition coefficient (Wildman–Crippen LogP) is 2.17. The van der Waals surface area contributed by atoms with Gasteiger partial charge in [-0.2, -0.15) is 13.2 Å². The molecule has 27 heavy (non-hydrogen) atoms. The molecular formula is C15H17ClF3N3O4S. The van der Waals surface area contributed by atoms with E-state index in [1.54, 1.807) is 0 Å². The largest absolute Gasteiger partial charge is 0.417 e. The summed E-state index contributed by atoms with van der Waals surface area (Å²) in [6.07, 6.45) is -4.40. The quantitative estimate of drug-likeness (QED) is 0.685. The van der Waals surface area contributed by atoms with Gasteiger partial charge in [0, 0.05) is 11.7 Å². The van der Waals surface area contributed by atoms with Crippen LogP contribution in [0.25, 0.3) is 0 Å². The molecule has 3 N–H and O–H groups in total. The van der Waals surface area contributed by atoms with Gasteiger partial charge in [0.2, 0.25) is 5.91 Å². The van der Waals surface area contributed by atoms with Gasteiger partial charge in [0.1, 0.15) is 6.04 Å². The van der Waals surface area contributed by atoms with E-state index < -0.39 is 50.6 Å². The number of amides is 3. The zero-order valence-electron chi connectivity index (χ0n) is 14.1. The van der Waals surface area contributed by atoms with E-state index in [1.807, 2.05) is 0 Å². The number of benzene rings is 1. The van der Waals surface area contributed by atoms with Crippen molar-refractivity contribution in [2.24, 2.45) is 0 Å². The number of sulfone groups is 1. The van der Waals surface area contributed by atoms with Crippen LogP contribution < -0.4 is 16.0 Å². The first kappa shape index (κ1) is 21.3. The monoisotopic (exact) mass is 427 g/mol. The van der Waals surface area contributed by atoms with Gasteiger partial charge < -0.3 is 16.0 Å². The van der Waals surface area contributed by atoms with Crippen molar-refractivity contribution >= 4 is 39.1 Å². The van der Waals surface area contributed by atoms with Crippen molar-refractivity contribution in [2.75, 3.05) is 16.8 Å². The second-order valence-electron chi connectivity index (χ2n) is 6.12. The average Bonchev–Trinajstić information content (AvgIpc) is 2.86. The molecule has 0 unspecified atom stereocenters.